The van der Waals surface area contributed by atoms with Gasteiger partial charge in [-0.15, -0.1) is 0 Å². The number of aromatic nitrogens is 1. The fourth-order valence-electron chi connectivity index (χ4n) is 5.12. The van der Waals surface area contributed by atoms with Crippen molar-refractivity contribution >= 4 is 17.5 Å². The molecule has 2 aliphatic heterocycles. The van der Waals surface area contributed by atoms with Crippen molar-refractivity contribution in [2.45, 2.75) is 25.3 Å². The average Bonchev–Trinajstić information content (AvgIpc) is 2.90. The molecular formula is C28H29N3O5. The van der Waals surface area contributed by atoms with Crippen LogP contribution in [0.2, 0.25) is 0 Å². The fourth-order valence-corrected chi connectivity index (χ4v) is 5.12. The van der Waals surface area contributed by atoms with E-state index < -0.39 is 0 Å². The van der Waals surface area contributed by atoms with Crippen molar-refractivity contribution in [2.75, 3.05) is 32.1 Å². The summed E-state index contributed by atoms with van der Waals surface area (Å²) >= 11 is 0. The lowest BCUT2D eigenvalue weighted by Crippen LogP contribution is -2.50. The molecule has 1 saturated heterocycles. The standard InChI is InChI=1S/C28H29N3O5/c1-35-22-9-7-19(8-10-22)14-26(32)29-24-11-12-25-21-13-20(16-31(25)28(24)34)15-30(17-21)27(33)18-36-23-5-3-2-4-6-23/h2-12,20-21H,13-18H2,1H3,(H,29,32)/t20-,21-/m1/s1. The lowest BCUT2D eigenvalue weighted by Gasteiger charge is -2.42. The van der Waals surface area contributed by atoms with Crippen LogP contribution in [0, 0.1) is 5.92 Å². The van der Waals surface area contributed by atoms with Crippen molar-refractivity contribution in [3.05, 3.63) is 88.3 Å². The number of carbonyl (C=O) groups is 2. The SMILES string of the molecule is COc1ccc(CC(=O)Nc2ccc3n(c2=O)C[C@@H]2C[C@@H]3CN(C(=O)COc3ccccc3)C2)cc1. The second kappa shape index (κ2) is 10.3. The van der Waals surface area contributed by atoms with E-state index in [1.165, 1.54) is 0 Å². The molecule has 3 aromatic rings. The van der Waals surface area contributed by atoms with Crippen LogP contribution in [0.4, 0.5) is 5.69 Å². The van der Waals surface area contributed by atoms with Gasteiger partial charge in [0.05, 0.1) is 13.5 Å². The molecule has 8 heteroatoms. The molecule has 0 unspecified atom stereocenters. The van der Waals surface area contributed by atoms with Gasteiger partial charge in [-0.1, -0.05) is 30.3 Å². The molecule has 1 N–H and O–H groups in total. The van der Waals surface area contributed by atoms with E-state index in [0.29, 0.717) is 25.4 Å². The zero-order chi connectivity index (χ0) is 25.1. The van der Waals surface area contributed by atoms with Crippen LogP contribution >= 0.6 is 0 Å². The zero-order valence-corrected chi connectivity index (χ0v) is 20.2. The molecule has 0 radical (unpaired) electrons. The van der Waals surface area contributed by atoms with Gasteiger partial charge in [-0.25, -0.2) is 0 Å². The Kier molecular flexibility index (Phi) is 6.75. The maximum absolute atomic E-state index is 13.2. The lowest BCUT2D eigenvalue weighted by atomic mass is 9.83. The summed E-state index contributed by atoms with van der Waals surface area (Å²) in [6.45, 7) is 1.66. The number of rotatable bonds is 7. The van der Waals surface area contributed by atoms with Crippen molar-refractivity contribution in [1.82, 2.24) is 9.47 Å². The summed E-state index contributed by atoms with van der Waals surface area (Å²) < 4.78 is 12.6. The molecule has 0 aliphatic carbocycles. The van der Waals surface area contributed by atoms with Crippen LogP contribution < -0.4 is 20.3 Å². The highest BCUT2D eigenvalue weighted by atomic mass is 16.5. The Hall–Kier alpha value is -4.07. The number of methoxy groups -OCH3 is 1. The first-order valence-corrected chi connectivity index (χ1v) is 12.1. The van der Waals surface area contributed by atoms with Gasteiger partial charge in [-0.3, -0.25) is 14.4 Å². The molecule has 2 atom stereocenters. The third-order valence-electron chi connectivity index (χ3n) is 6.86. The van der Waals surface area contributed by atoms with Crippen LogP contribution in [0.3, 0.4) is 0 Å². The predicted octanol–water partition coefficient (Wildman–Crippen LogP) is 3.06. The van der Waals surface area contributed by atoms with Crippen LogP contribution in [0.5, 0.6) is 11.5 Å². The van der Waals surface area contributed by atoms with Gasteiger partial charge in [0, 0.05) is 31.2 Å². The Balaban J connectivity index is 1.24. The lowest BCUT2D eigenvalue weighted by molar-refractivity contribution is -0.136. The molecule has 5 rings (SSSR count). The Morgan fingerprint density at radius 2 is 1.72 bits per heavy atom. The smallest absolute Gasteiger partial charge is 0.274 e. The summed E-state index contributed by atoms with van der Waals surface area (Å²) in [5, 5.41) is 2.78. The van der Waals surface area contributed by atoms with Gasteiger partial charge in [0.1, 0.15) is 17.2 Å². The van der Waals surface area contributed by atoms with Crippen molar-refractivity contribution in [2.24, 2.45) is 5.92 Å². The topological polar surface area (TPSA) is 89.9 Å². The van der Waals surface area contributed by atoms with Gasteiger partial charge in [0.25, 0.3) is 11.5 Å². The van der Waals surface area contributed by atoms with Crippen molar-refractivity contribution in [3.63, 3.8) is 0 Å². The number of piperidine rings is 1. The molecule has 36 heavy (non-hydrogen) atoms. The van der Waals surface area contributed by atoms with Crippen LogP contribution in [0.1, 0.15) is 23.6 Å². The second-order valence-electron chi connectivity index (χ2n) is 9.36. The first kappa shape index (κ1) is 23.7. The number of nitrogens with zero attached hydrogens (tertiary/aromatic N) is 2. The van der Waals surface area contributed by atoms with Crippen molar-refractivity contribution < 1.29 is 19.1 Å². The molecule has 2 bridgehead atoms. The van der Waals surface area contributed by atoms with E-state index in [9.17, 15) is 14.4 Å². The van der Waals surface area contributed by atoms with Crippen LogP contribution in [-0.4, -0.2) is 48.1 Å². The number of pyridine rings is 1. The number of nitrogens with one attached hydrogen (secondary N) is 1. The van der Waals surface area contributed by atoms with Gasteiger partial charge in [-0.05, 0) is 54.3 Å². The highest BCUT2D eigenvalue weighted by molar-refractivity contribution is 5.92. The summed E-state index contributed by atoms with van der Waals surface area (Å²) in [5.41, 5.74) is 1.83. The maximum atomic E-state index is 13.2. The number of benzene rings is 2. The summed E-state index contributed by atoms with van der Waals surface area (Å²) in [6, 6.07) is 20.1. The summed E-state index contributed by atoms with van der Waals surface area (Å²) in [5.74, 6) is 1.36. The molecular weight excluding hydrogens is 458 g/mol. The highest BCUT2D eigenvalue weighted by Crippen LogP contribution is 2.35. The maximum Gasteiger partial charge on any atom is 0.274 e. The molecule has 8 nitrogen and oxygen atoms in total. The van der Waals surface area contributed by atoms with Crippen LogP contribution in [0.15, 0.2) is 71.5 Å². The molecule has 186 valence electrons. The van der Waals surface area contributed by atoms with E-state index in [4.69, 9.17) is 9.47 Å². The minimum atomic E-state index is -0.246. The number of fused-ring (bicyclic) bond motifs is 4. The molecule has 2 amide bonds. The summed E-state index contributed by atoms with van der Waals surface area (Å²) in [4.78, 5) is 40.5. The fraction of sp³-hybridized carbons (Fsp3) is 0.321. The molecule has 0 spiro atoms. The quantitative estimate of drug-likeness (QED) is 0.553. The van der Waals surface area contributed by atoms with Crippen LogP contribution in [-0.2, 0) is 22.6 Å². The molecule has 2 aromatic carbocycles. The van der Waals surface area contributed by atoms with E-state index in [1.807, 2.05) is 53.4 Å². The van der Waals surface area contributed by atoms with Gasteiger partial charge < -0.3 is 24.3 Å². The van der Waals surface area contributed by atoms with E-state index in [1.54, 1.807) is 29.9 Å². The minimum Gasteiger partial charge on any atom is -0.497 e. The molecule has 2 aliphatic rings. The minimum absolute atomic E-state index is 0.00454. The molecule has 1 aromatic heterocycles. The van der Waals surface area contributed by atoms with E-state index >= 15 is 0 Å². The first-order chi connectivity index (χ1) is 17.5. The number of hydrogen-bond donors (Lipinski definition) is 1. The number of para-hydroxylation sites is 1. The number of carbonyl (C=O) groups excluding carboxylic acids is 2. The third-order valence-corrected chi connectivity index (χ3v) is 6.86. The number of amides is 2. The van der Waals surface area contributed by atoms with Gasteiger partial charge in [0.2, 0.25) is 5.91 Å². The number of hydrogen-bond acceptors (Lipinski definition) is 5. The Morgan fingerprint density at radius 1 is 0.944 bits per heavy atom. The molecule has 0 saturated carbocycles. The van der Waals surface area contributed by atoms with Gasteiger partial charge in [0.15, 0.2) is 6.61 Å². The van der Waals surface area contributed by atoms with Gasteiger partial charge >= 0.3 is 0 Å². The molecule has 3 heterocycles. The Bertz CT molecular complexity index is 1300. The summed E-state index contributed by atoms with van der Waals surface area (Å²) in [7, 11) is 1.59. The monoisotopic (exact) mass is 487 g/mol. The zero-order valence-electron chi connectivity index (χ0n) is 20.2. The van der Waals surface area contributed by atoms with Crippen molar-refractivity contribution in [1.29, 1.82) is 0 Å². The number of ether oxygens (including phenoxy) is 2. The summed E-state index contributed by atoms with van der Waals surface area (Å²) in [6.07, 6.45) is 1.10. The first-order valence-electron chi connectivity index (χ1n) is 12.1. The Morgan fingerprint density at radius 3 is 2.47 bits per heavy atom. The molecule has 1 fully saturated rings. The second-order valence-corrected chi connectivity index (χ2v) is 9.36. The van der Waals surface area contributed by atoms with Crippen molar-refractivity contribution in [3.8, 4) is 11.5 Å². The Labute approximate surface area is 209 Å². The largest absolute Gasteiger partial charge is 0.497 e. The number of anilines is 1. The van der Waals surface area contributed by atoms with E-state index in [-0.39, 0.29) is 47.9 Å². The third kappa shape index (κ3) is 5.12. The van der Waals surface area contributed by atoms with E-state index in [0.717, 1.165) is 23.4 Å². The van der Waals surface area contributed by atoms with E-state index in [2.05, 4.69) is 5.32 Å². The van der Waals surface area contributed by atoms with Crippen LogP contribution in [0.25, 0.3) is 0 Å². The predicted molar refractivity (Wildman–Crippen MR) is 135 cm³/mol. The normalized spacial score (nSPS) is 18.2. The highest BCUT2D eigenvalue weighted by Gasteiger charge is 2.36. The number of likely N-dealkylation sites (tertiary alicyclic amines) is 1. The average molecular weight is 488 g/mol. The van der Waals surface area contributed by atoms with Gasteiger partial charge in [-0.2, -0.15) is 0 Å².